The number of dihydropyridines is 1. The van der Waals surface area contributed by atoms with E-state index in [-0.39, 0.29) is 6.04 Å². The van der Waals surface area contributed by atoms with Crippen LogP contribution in [0.15, 0.2) is 52.4 Å². The number of carbonyl (C=O) groups is 1. The van der Waals surface area contributed by atoms with E-state index in [2.05, 4.69) is 15.1 Å². The van der Waals surface area contributed by atoms with Gasteiger partial charge in [0.15, 0.2) is 0 Å². The number of aliphatic carboxylic acids is 1. The van der Waals surface area contributed by atoms with Crippen molar-refractivity contribution in [1.82, 2.24) is 9.78 Å². The lowest BCUT2D eigenvalue weighted by Gasteiger charge is -2.22. The lowest BCUT2D eigenvalue weighted by atomic mass is 9.95. The molecule has 0 spiro atoms. The van der Waals surface area contributed by atoms with Crippen LogP contribution in [0.3, 0.4) is 0 Å². The van der Waals surface area contributed by atoms with Gasteiger partial charge in [0.2, 0.25) is 0 Å². The maximum Gasteiger partial charge on any atom is 0.490 e. The fraction of sp³-hybridized carbons (Fsp3) is 0.429. The van der Waals surface area contributed by atoms with Crippen molar-refractivity contribution in [2.75, 3.05) is 6.54 Å². The first-order valence-corrected chi connectivity index (χ1v) is 10.0. The molecule has 0 amide bonds. The normalized spacial score (nSPS) is 18.7. The van der Waals surface area contributed by atoms with Gasteiger partial charge in [-0.3, -0.25) is 14.7 Å². The Morgan fingerprint density at radius 1 is 1.25 bits per heavy atom. The Morgan fingerprint density at radius 2 is 1.94 bits per heavy atom. The summed E-state index contributed by atoms with van der Waals surface area (Å²) in [7, 11) is 0. The van der Waals surface area contributed by atoms with E-state index < -0.39 is 18.2 Å². The quantitative estimate of drug-likeness (QED) is 0.617. The second-order valence-electron chi connectivity index (χ2n) is 7.54. The van der Waals surface area contributed by atoms with Crippen molar-refractivity contribution < 1.29 is 31.9 Å². The van der Waals surface area contributed by atoms with Gasteiger partial charge in [-0.2, -0.15) is 27.1 Å². The van der Waals surface area contributed by atoms with Crippen LogP contribution in [0.2, 0.25) is 0 Å². The molecule has 2 aliphatic heterocycles. The van der Waals surface area contributed by atoms with E-state index in [1.165, 1.54) is 12.8 Å². The van der Waals surface area contributed by atoms with E-state index in [9.17, 15) is 22.0 Å². The first kappa shape index (κ1) is 23.6. The summed E-state index contributed by atoms with van der Waals surface area (Å²) in [6.07, 6.45) is 8.56. The topological polar surface area (TPSA) is 79.8 Å². The van der Waals surface area contributed by atoms with E-state index in [1.807, 2.05) is 23.2 Å². The van der Waals surface area contributed by atoms with E-state index in [0.717, 1.165) is 41.3 Å². The van der Waals surface area contributed by atoms with Gasteiger partial charge in [-0.25, -0.2) is 4.79 Å². The summed E-state index contributed by atoms with van der Waals surface area (Å²) < 4.78 is 58.9. The van der Waals surface area contributed by atoms with Crippen molar-refractivity contribution in [3.05, 3.63) is 48.0 Å². The monoisotopic (exact) mass is 456 g/mol. The molecular weight excluding hydrogens is 435 g/mol. The molecule has 1 fully saturated rings. The highest BCUT2D eigenvalue weighted by molar-refractivity contribution is 6.26. The summed E-state index contributed by atoms with van der Waals surface area (Å²) in [6, 6.07) is -0.0175. The minimum atomic E-state index is -5.08. The summed E-state index contributed by atoms with van der Waals surface area (Å²) in [5.74, 6) is -2.35. The van der Waals surface area contributed by atoms with E-state index in [0.29, 0.717) is 18.9 Å². The zero-order chi connectivity index (χ0) is 23.3. The van der Waals surface area contributed by atoms with Crippen LogP contribution in [-0.2, 0) is 4.79 Å². The number of allylic oxidation sites excluding steroid dienone is 3. The zero-order valence-electron chi connectivity index (χ0n) is 16.9. The maximum atomic E-state index is 12.6. The molecule has 1 aliphatic carbocycles. The van der Waals surface area contributed by atoms with Gasteiger partial charge in [-0.15, -0.1) is 0 Å². The molecule has 1 unspecified atom stereocenters. The van der Waals surface area contributed by atoms with Gasteiger partial charge in [0, 0.05) is 35.3 Å². The summed E-state index contributed by atoms with van der Waals surface area (Å²) in [6.45, 7) is 0.602. The number of carboxylic acid groups (broad SMARTS) is 1. The molecule has 4 rings (SSSR count). The summed E-state index contributed by atoms with van der Waals surface area (Å²) in [5, 5.41) is 11.6. The van der Waals surface area contributed by atoms with E-state index >= 15 is 0 Å². The molecule has 11 heteroatoms. The van der Waals surface area contributed by atoms with Crippen LogP contribution in [0.1, 0.15) is 43.7 Å². The molecule has 6 nitrogen and oxygen atoms in total. The number of alkyl halides is 3. The summed E-state index contributed by atoms with van der Waals surface area (Å²) >= 11 is 0. The van der Waals surface area contributed by atoms with Crippen LogP contribution in [0.4, 0.5) is 22.0 Å². The maximum absolute atomic E-state index is 12.6. The van der Waals surface area contributed by atoms with Gasteiger partial charge >= 0.3 is 12.1 Å². The van der Waals surface area contributed by atoms with Crippen molar-refractivity contribution >= 4 is 23.5 Å². The van der Waals surface area contributed by atoms with Crippen LogP contribution in [0.5, 0.6) is 0 Å². The zero-order valence-corrected chi connectivity index (χ0v) is 16.9. The summed E-state index contributed by atoms with van der Waals surface area (Å²) in [4.78, 5) is 17.6. The van der Waals surface area contributed by atoms with Gasteiger partial charge in [0.25, 0.3) is 6.08 Å². The van der Waals surface area contributed by atoms with Crippen molar-refractivity contribution in [1.29, 1.82) is 0 Å². The van der Waals surface area contributed by atoms with Crippen molar-refractivity contribution in [3.8, 4) is 0 Å². The molecule has 1 aromatic heterocycles. The van der Waals surface area contributed by atoms with Crippen molar-refractivity contribution in [3.63, 3.8) is 0 Å². The minimum Gasteiger partial charge on any atom is -0.475 e. The highest BCUT2D eigenvalue weighted by Gasteiger charge is 2.38. The lowest BCUT2D eigenvalue weighted by Crippen LogP contribution is -2.21. The minimum absolute atomic E-state index is 0.0175. The first-order valence-electron chi connectivity index (χ1n) is 10.0. The standard InChI is InChI=1S/C19H20F2N4.C2HF3O2/c20-19(21)6-5-18(13-3-1-2-4-13)25-12-14(9-24-25)16-10-22-11-17-15(16)7-8-23-17;3-2(4,5)1(6)7/h6-10,12-13,18H,1-5,11H2;(H,6,7). The molecule has 0 saturated heterocycles. The van der Waals surface area contributed by atoms with Crippen LogP contribution in [0.25, 0.3) is 5.57 Å². The number of aliphatic imine (C=N–C) groups is 2. The molecule has 3 aliphatic rings. The van der Waals surface area contributed by atoms with Gasteiger partial charge < -0.3 is 5.11 Å². The number of nitrogens with zero attached hydrogens (tertiary/aromatic N) is 4. The first-order chi connectivity index (χ1) is 15.2. The van der Waals surface area contributed by atoms with Gasteiger partial charge in [-0.1, -0.05) is 12.8 Å². The van der Waals surface area contributed by atoms with Crippen molar-refractivity contribution in [2.24, 2.45) is 15.9 Å². The second kappa shape index (κ2) is 10.0. The Bertz CT molecular complexity index is 994. The van der Waals surface area contributed by atoms with Crippen LogP contribution in [0, 0.1) is 5.92 Å². The SMILES string of the molecule is FC(F)=CCC(C1CCCC1)n1cc(C2=C3C=CN=C3CN=C2)cn1.O=C(O)C(F)(F)F. The number of carboxylic acids is 1. The Hall–Kier alpha value is -3.11. The van der Waals surface area contributed by atoms with Gasteiger partial charge in [0.05, 0.1) is 24.5 Å². The largest absolute Gasteiger partial charge is 0.490 e. The molecule has 0 aromatic carbocycles. The van der Waals surface area contributed by atoms with E-state index in [4.69, 9.17) is 9.90 Å². The molecule has 1 atom stereocenters. The highest BCUT2D eigenvalue weighted by atomic mass is 19.4. The third-order valence-electron chi connectivity index (χ3n) is 5.49. The average Bonchev–Trinajstić information content (AvgIpc) is 3.49. The molecule has 172 valence electrons. The molecule has 0 radical (unpaired) electrons. The Kier molecular flexibility index (Phi) is 7.37. The Morgan fingerprint density at radius 3 is 2.56 bits per heavy atom. The predicted octanol–water partition coefficient (Wildman–Crippen LogP) is 5.22. The Balaban J connectivity index is 0.000000360. The predicted molar refractivity (Wildman–Crippen MR) is 109 cm³/mol. The van der Waals surface area contributed by atoms with Crippen LogP contribution < -0.4 is 0 Å². The number of aromatic nitrogens is 2. The third kappa shape index (κ3) is 5.77. The fourth-order valence-corrected chi connectivity index (χ4v) is 3.99. The van der Waals surface area contributed by atoms with E-state index in [1.54, 1.807) is 12.4 Å². The molecular formula is C21H21F5N4O2. The molecule has 32 heavy (non-hydrogen) atoms. The highest BCUT2D eigenvalue weighted by Crippen LogP contribution is 2.37. The lowest BCUT2D eigenvalue weighted by molar-refractivity contribution is -0.192. The average molecular weight is 456 g/mol. The van der Waals surface area contributed by atoms with Gasteiger partial charge in [0.1, 0.15) is 0 Å². The van der Waals surface area contributed by atoms with Crippen LogP contribution >= 0.6 is 0 Å². The van der Waals surface area contributed by atoms with Crippen molar-refractivity contribution in [2.45, 2.75) is 44.3 Å². The number of halogens is 5. The number of rotatable bonds is 5. The fourth-order valence-electron chi connectivity index (χ4n) is 3.99. The molecule has 1 N–H and O–H groups in total. The number of hydrogen-bond donors (Lipinski definition) is 1. The number of fused-ring (bicyclic) bond motifs is 1. The third-order valence-corrected chi connectivity index (χ3v) is 5.49. The summed E-state index contributed by atoms with van der Waals surface area (Å²) in [5.41, 5.74) is 4.02. The molecule has 3 heterocycles. The molecule has 1 saturated carbocycles. The molecule has 1 aromatic rings. The smallest absolute Gasteiger partial charge is 0.475 e. The Labute approximate surface area is 180 Å². The van der Waals surface area contributed by atoms with Gasteiger partial charge in [-0.05, 0) is 37.3 Å². The number of hydrogen-bond acceptors (Lipinski definition) is 4. The molecule has 0 bridgehead atoms. The van der Waals surface area contributed by atoms with Crippen LogP contribution in [-0.4, -0.2) is 45.5 Å². The second-order valence-corrected chi connectivity index (χ2v) is 7.54.